The summed E-state index contributed by atoms with van der Waals surface area (Å²) in [7, 11) is 0. The first-order valence-corrected chi connectivity index (χ1v) is 7.09. The molecule has 0 radical (unpaired) electrons. The normalized spacial score (nSPS) is 13.3. The summed E-state index contributed by atoms with van der Waals surface area (Å²) in [6.07, 6.45) is -1.04. The zero-order valence-electron chi connectivity index (χ0n) is 13.3. The zero-order valence-corrected chi connectivity index (χ0v) is 13.3. The van der Waals surface area contributed by atoms with Gasteiger partial charge in [0.1, 0.15) is 6.04 Å². The van der Waals surface area contributed by atoms with Gasteiger partial charge in [0.15, 0.2) is 6.10 Å². The molecule has 3 N–H and O–H groups in total. The average molecular weight is 306 g/mol. The highest BCUT2D eigenvalue weighted by Crippen LogP contribution is 2.09. The lowest BCUT2D eigenvalue weighted by Gasteiger charge is -2.22. The maximum absolute atomic E-state index is 12.2. The van der Waals surface area contributed by atoms with Gasteiger partial charge in [-0.2, -0.15) is 0 Å². The summed E-state index contributed by atoms with van der Waals surface area (Å²) in [5.41, 5.74) is 6.55. The lowest BCUT2D eigenvalue weighted by atomic mass is 10.0. The number of esters is 1. The lowest BCUT2D eigenvalue weighted by molar-refractivity contribution is -0.156. The molecule has 0 saturated carbocycles. The molecule has 1 aromatic rings. The van der Waals surface area contributed by atoms with Crippen LogP contribution in [0.4, 0.5) is 0 Å². The Hall–Kier alpha value is -2.37. The van der Waals surface area contributed by atoms with Crippen molar-refractivity contribution in [2.45, 2.75) is 39.8 Å². The second kappa shape index (κ2) is 7.59. The number of ether oxygens (including phenoxy) is 1. The molecule has 0 heterocycles. The standard InChI is InChI=1S/C16H22N2O4/c1-9(2)13(16(21)22-11(4)14(17)19)18-15(20)12-7-5-10(3)6-8-12/h5-9,11,13H,1-4H3,(H2,17,19)(H,18,20)/t11-,13+/m1/s1. The highest BCUT2D eigenvalue weighted by atomic mass is 16.5. The van der Waals surface area contributed by atoms with Gasteiger partial charge in [0.25, 0.3) is 11.8 Å². The Bertz CT molecular complexity index is 552. The second-order valence-corrected chi connectivity index (χ2v) is 5.54. The highest BCUT2D eigenvalue weighted by Gasteiger charge is 2.28. The quantitative estimate of drug-likeness (QED) is 0.771. The number of primary amides is 1. The van der Waals surface area contributed by atoms with Crippen LogP contribution in [0.2, 0.25) is 0 Å². The molecule has 2 amide bonds. The van der Waals surface area contributed by atoms with Crippen LogP contribution in [0.15, 0.2) is 24.3 Å². The molecule has 1 rings (SSSR count). The monoisotopic (exact) mass is 306 g/mol. The molecule has 0 aliphatic heterocycles. The molecule has 0 aromatic heterocycles. The number of amides is 2. The largest absolute Gasteiger partial charge is 0.451 e. The molecule has 0 aliphatic rings. The van der Waals surface area contributed by atoms with Crippen molar-refractivity contribution in [3.63, 3.8) is 0 Å². The topological polar surface area (TPSA) is 98.5 Å². The molecule has 6 nitrogen and oxygen atoms in total. The van der Waals surface area contributed by atoms with Crippen LogP contribution in [0.5, 0.6) is 0 Å². The molecule has 22 heavy (non-hydrogen) atoms. The molecule has 1 aromatic carbocycles. The van der Waals surface area contributed by atoms with Crippen molar-refractivity contribution < 1.29 is 19.1 Å². The number of hydrogen-bond donors (Lipinski definition) is 2. The minimum absolute atomic E-state index is 0.193. The third kappa shape index (κ3) is 4.87. The summed E-state index contributed by atoms with van der Waals surface area (Å²) >= 11 is 0. The van der Waals surface area contributed by atoms with Crippen LogP contribution < -0.4 is 11.1 Å². The van der Waals surface area contributed by atoms with Gasteiger partial charge < -0.3 is 15.8 Å². The van der Waals surface area contributed by atoms with E-state index in [1.54, 1.807) is 26.0 Å². The van der Waals surface area contributed by atoms with Crippen LogP contribution >= 0.6 is 0 Å². The van der Waals surface area contributed by atoms with Gasteiger partial charge >= 0.3 is 5.97 Å². The van der Waals surface area contributed by atoms with Crippen LogP contribution in [0.25, 0.3) is 0 Å². The maximum Gasteiger partial charge on any atom is 0.329 e. The lowest BCUT2D eigenvalue weighted by Crippen LogP contribution is -2.47. The van der Waals surface area contributed by atoms with Crippen molar-refractivity contribution in [2.24, 2.45) is 11.7 Å². The average Bonchev–Trinajstić information content (AvgIpc) is 2.44. The number of nitrogens with two attached hydrogens (primary N) is 1. The van der Waals surface area contributed by atoms with Crippen molar-refractivity contribution in [3.05, 3.63) is 35.4 Å². The van der Waals surface area contributed by atoms with Gasteiger partial charge in [0.2, 0.25) is 0 Å². The fraction of sp³-hybridized carbons (Fsp3) is 0.438. The molecule has 0 bridgehead atoms. The van der Waals surface area contributed by atoms with Crippen LogP contribution in [0.3, 0.4) is 0 Å². The Morgan fingerprint density at radius 1 is 1.09 bits per heavy atom. The van der Waals surface area contributed by atoms with Gasteiger partial charge in [-0.1, -0.05) is 31.5 Å². The van der Waals surface area contributed by atoms with Gasteiger partial charge in [-0.15, -0.1) is 0 Å². The summed E-state index contributed by atoms with van der Waals surface area (Å²) in [6.45, 7) is 6.85. The van der Waals surface area contributed by atoms with E-state index in [0.29, 0.717) is 5.56 Å². The molecule has 0 saturated heterocycles. The van der Waals surface area contributed by atoms with Crippen molar-refractivity contribution in [3.8, 4) is 0 Å². The predicted octanol–water partition coefficient (Wildman–Crippen LogP) is 1.17. The summed E-state index contributed by atoms with van der Waals surface area (Å²) in [5.74, 6) is -1.98. The van der Waals surface area contributed by atoms with Crippen LogP contribution in [-0.2, 0) is 14.3 Å². The van der Waals surface area contributed by atoms with Gasteiger partial charge in [0, 0.05) is 5.56 Å². The molecule has 6 heteroatoms. The first-order chi connectivity index (χ1) is 10.2. The zero-order chi connectivity index (χ0) is 16.9. The molecule has 0 aliphatic carbocycles. The number of benzene rings is 1. The van der Waals surface area contributed by atoms with Gasteiger partial charge in [0.05, 0.1) is 0 Å². The smallest absolute Gasteiger partial charge is 0.329 e. The molecular weight excluding hydrogens is 284 g/mol. The third-order valence-electron chi connectivity index (χ3n) is 3.21. The predicted molar refractivity (Wildman–Crippen MR) is 82.0 cm³/mol. The Balaban J connectivity index is 2.79. The Morgan fingerprint density at radius 3 is 2.09 bits per heavy atom. The Morgan fingerprint density at radius 2 is 1.64 bits per heavy atom. The Kier molecular flexibility index (Phi) is 6.10. The molecule has 120 valence electrons. The fourth-order valence-corrected chi connectivity index (χ4v) is 1.73. The molecule has 0 unspecified atom stereocenters. The van der Waals surface area contributed by atoms with Crippen molar-refractivity contribution in [1.82, 2.24) is 5.32 Å². The minimum atomic E-state index is -1.04. The maximum atomic E-state index is 12.2. The summed E-state index contributed by atoms with van der Waals surface area (Å²) < 4.78 is 4.96. The van der Waals surface area contributed by atoms with E-state index in [4.69, 9.17) is 10.5 Å². The second-order valence-electron chi connectivity index (χ2n) is 5.54. The van der Waals surface area contributed by atoms with E-state index < -0.39 is 24.0 Å². The van der Waals surface area contributed by atoms with Crippen LogP contribution in [-0.4, -0.2) is 29.9 Å². The number of hydrogen-bond acceptors (Lipinski definition) is 4. The molecular formula is C16H22N2O4. The van der Waals surface area contributed by atoms with Crippen molar-refractivity contribution in [1.29, 1.82) is 0 Å². The first-order valence-electron chi connectivity index (χ1n) is 7.09. The SMILES string of the molecule is Cc1ccc(C(=O)N[C@H](C(=O)O[C@H](C)C(N)=O)C(C)C)cc1. The highest BCUT2D eigenvalue weighted by molar-refractivity contribution is 5.97. The number of aryl methyl sites for hydroxylation is 1. The van der Waals surface area contributed by atoms with E-state index in [9.17, 15) is 14.4 Å². The third-order valence-corrected chi connectivity index (χ3v) is 3.21. The first kappa shape index (κ1) is 17.7. The molecule has 0 spiro atoms. The number of carbonyl (C=O) groups is 3. The summed E-state index contributed by atoms with van der Waals surface area (Å²) in [4.78, 5) is 35.2. The van der Waals surface area contributed by atoms with Gasteiger partial charge in [-0.25, -0.2) is 4.79 Å². The number of carbonyl (C=O) groups excluding carboxylic acids is 3. The Labute approximate surface area is 130 Å². The molecule has 0 fully saturated rings. The van der Waals surface area contributed by atoms with Gasteiger partial charge in [-0.3, -0.25) is 9.59 Å². The summed E-state index contributed by atoms with van der Waals surface area (Å²) in [6, 6.07) is 6.13. The van der Waals surface area contributed by atoms with Crippen molar-refractivity contribution in [2.75, 3.05) is 0 Å². The van der Waals surface area contributed by atoms with E-state index >= 15 is 0 Å². The van der Waals surface area contributed by atoms with Crippen molar-refractivity contribution >= 4 is 17.8 Å². The van der Waals surface area contributed by atoms with Gasteiger partial charge in [-0.05, 0) is 31.9 Å². The van der Waals surface area contributed by atoms with Crippen LogP contribution in [0, 0.1) is 12.8 Å². The number of rotatable bonds is 6. The van der Waals surface area contributed by atoms with E-state index in [-0.39, 0.29) is 11.8 Å². The van der Waals surface area contributed by atoms with E-state index in [1.807, 2.05) is 19.1 Å². The van der Waals surface area contributed by atoms with Crippen LogP contribution in [0.1, 0.15) is 36.7 Å². The van der Waals surface area contributed by atoms with E-state index in [2.05, 4.69) is 5.32 Å². The van der Waals surface area contributed by atoms with E-state index in [0.717, 1.165) is 5.56 Å². The summed E-state index contributed by atoms with van der Waals surface area (Å²) in [5, 5.41) is 2.63. The fourth-order valence-electron chi connectivity index (χ4n) is 1.73. The molecule has 2 atom stereocenters. The number of nitrogens with one attached hydrogen (secondary N) is 1. The minimum Gasteiger partial charge on any atom is -0.451 e. The van der Waals surface area contributed by atoms with E-state index in [1.165, 1.54) is 6.92 Å².